The number of aryl methyl sites for hydroxylation is 1. The Morgan fingerprint density at radius 2 is 1.88 bits per heavy atom. The molecule has 0 saturated carbocycles. The number of nitrogens with zero attached hydrogens (tertiary/aromatic N) is 2. The van der Waals surface area contributed by atoms with E-state index in [4.69, 9.17) is 0 Å². The van der Waals surface area contributed by atoms with Gasteiger partial charge in [0.2, 0.25) is 11.8 Å². The van der Waals surface area contributed by atoms with Gasteiger partial charge in [0.15, 0.2) is 0 Å². The van der Waals surface area contributed by atoms with E-state index in [1.165, 1.54) is 5.56 Å². The zero-order chi connectivity index (χ0) is 18.0. The lowest BCUT2D eigenvalue weighted by Crippen LogP contribution is -2.44. The maximum Gasteiger partial charge on any atom is 0.228 e. The molecule has 2 heterocycles. The Labute approximate surface area is 149 Å². The van der Waals surface area contributed by atoms with Crippen LogP contribution < -0.4 is 4.90 Å². The molecule has 3 rings (SSSR count). The van der Waals surface area contributed by atoms with Gasteiger partial charge in [0.05, 0.1) is 12.0 Å². The van der Waals surface area contributed by atoms with Crippen molar-refractivity contribution in [2.45, 2.75) is 45.6 Å². The van der Waals surface area contributed by atoms with Crippen LogP contribution in [-0.2, 0) is 16.0 Å². The highest BCUT2D eigenvalue weighted by atomic mass is 16.3. The van der Waals surface area contributed by atoms with Crippen molar-refractivity contribution < 1.29 is 14.7 Å². The van der Waals surface area contributed by atoms with E-state index in [1.54, 1.807) is 4.90 Å². The Hall–Kier alpha value is -1.88. The van der Waals surface area contributed by atoms with Gasteiger partial charge < -0.3 is 14.9 Å². The molecule has 0 spiro atoms. The van der Waals surface area contributed by atoms with Crippen molar-refractivity contribution in [1.29, 1.82) is 0 Å². The molecule has 1 aromatic carbocycles. The molecule has 1 N–H and O–H groups in total. The van der Waals surface area contributed by atoms with Crippen molar-refractivity contribution in [3.8, 4) is 0 Å². The highest BCUT2D eigenvalue weighted by Gasteiger charge is 2.38. The van der Waals surface area contributed by atoms with Crippen LogP contribution in [0.2, 0.25) is 0 Å². The summed E-state index contributed by atoms with van der Waals surface area (Å²) in [5, 5.41) is 9.69. The molecule has 2 aliphatic heterocycles. The van der Waals surface area contributed by atoms with E-state index in [0.717, 1.165) is 24.9 Å². The number of rotatable bonds is 4. The van der Waals surface area contributed by atoms with E-state index in [1.807, 2.05) is 36.1 Å². The van der Waals surface area contributed by atoms with Gasteiger partial charge in [-0.05, 0) is 49.8 Å². The third-order valence-electron chi connectivity index (χ3n) is 5.66. The molecule has 2 fully saturated rings. The van der Waals surface area contributed by atoms with Crippen LogP contribution in [0.1, 0.15) is 38.7 Å². The zero-order valence-corrected chi connectivity index (χ0v) is 15.1. The monoisotopic (exact) mass is 344 g/mol. The number of carbonyl (C=O) groups is 2. The summed E-state index contributed by atoms with van der Waals surface area (Å²) < 4.78 is 0. The fourth-order valence-electron chi connectivity index (χ4n) is 3.89. The van der Waals surface area contributed by atoms with Gasteiger partial charge in [0, 0.05) is 31.7 Å². The van der Waals surface area contributed by atoms with Crippen molar-refractivity contribution in [1.82, 2.24) is 4.90 Å². The van der Waals surface area contributed by atoms with Gasteiger partial charge >= 0.3 is 0 Å². The highest BCUT2D eigenvalue weighted by molar-refractivity contribution is 6.00. The van der Waals surface area contributed by atoms with E-state index < -0.39 is 0 Å². The normalized spacial score (nSPS) is 23.2. The lowest BCUT2D eigenvalue weighted by Gasteiger charge is -2.34. The molecule has 0 aliphatic carbocycles. The molecular formula is C20H28N2O3. The van der Waals surface area contributed by atoms with Crippen molar-refractivity contribution in [2.24, 2.45) is 11.8 Å². The Balaban J connectivity index is 1.61. The summed E-state index contributed by atoms with van der Waals surface area (Å²) in [6, 6.07) is 8.02. The number of likely N-dealkylation sites (tertiary alicyclic amines) is 1. The van der Waals surface area contributed by atoms with Gasteiger partial charge in [-0.3, -0.25) is 9.59 Å². The number of benzene rings is 1. The lowest BCUT2D eigenvalue weighted by molar-refractivity contribution is -0.137. The van der Waals surface area contributed by atoms with Crippen molar-refractivity contribution in [2.75, 3.05) is 24.5 Å². The molecule has 2 saturated heterocycles. The Bertz CT molecular complexity index is 618. The van der Waals surface area contributed by atoms with Crippen LogP contribution >= 0.6 is 0 Å². The highest BCUT2D eigenvalue weighted by Crippen LogP contribution is 2.28. The Morgan fingerprint density at radius 1 is 1.24 bits per heavy atom. The number of aliphatic hydroxyl groups excluding tert-OH is 1. The smallest absolute Gasteiger partial charge is 0.228 e. The van der Waals surface area contributed by atoms with Gasteiger partial charge in [-0.25, -0.2) is 0 Å². The van der Waals surface area contributed by atoms with Crippen LogP contribution in [0.5, 0.6) is 0 Å². The van der Waals surface area contributed by atoms with Gasteiger partial charge in [0.1, 0.15) is 0 Å². The SMILES string of the molecule is CCc1ccc(N2CC(C(=O)N3CCC(C(C)O)CC3)CC2=O)cc1. The minimum absolute atomic E-state index is 0.0291. The van der Waals surface area contributed by atoms with Crippen molar-refractivity contribution in [3.05, 3.63) is 29.8 Å². The zero-order valence-electron chi connectivity index (χ0n) is 15.1. The third kappa shape index (κ3) is 3.87. The summed E-state index contributed by atoms with van der Waals surface area (Å²) in [7, 11) is 0. The first kappa shape index (κ1) is 17.9. The third-order valence-corrected chi connectivity index (χ3v) is 5.66. The van der Waals surface area contributed by atoms with Gasteiger partial charge in [-0.1, -0.05) is 19.1 Å². The van der Waals surface area contributed by atoms with E-state index in [2.05, 4.69) is 6.92 Å². The molecule has 2 atom stereocenters. The molecule has 0 bridgehead atoms. The minimum Gasteiger partial charge on any atom is -0.393 e. The summed E-state index contributed by atoms with van der Waals surface area (Å²) in [6.45, 7) is 5.76. The molecule has 136 valence electrons. The second-order valence-corrected chi connectivity index (χ2v) is 7.33. The molecular weight excluding hydrogens is 316 g/mol. The quantitative estimate of drug-likeness (QED) is 0.911. The number of piperidine rings is 1. The number of hydrogen-bond acceptors (Lipinski definition) is 3. The second-order valence-electron chi connectivity index (χ2n) is 7.33. The van der Waals surface area contributed by atoms with E-state index in [-0.39, 0.29) is 29.8 Å². The fraction of sp³-hybridized carbons (Fsp3) is 0.600. The summed E-state index contributed by atoms with van der Waals surface area (Å²) in [6.07, 6.45) is 2.63. The lowest BCUT2D eigenvalue weighted by atomic mass is 9.91. The van der Waals surface area contributed by atoms with Crippen LogP contribution in [0.3, 0.4) is 0 Å². The average molecular weight is 344 g/mol. The molecule has 0 radical (unpaired) electrons. The molecule has 1 aromatic rings. The topological polar surface area (TPSA) is 60.9 Å². The Morgan fingerprint density at radius 3 is 2.44 bits per heavy atom. The van der Waals surface area contributed by atoms with E-state index in [0.29, 0.717) is 26.1 Å². The molecule has 25 heavy (non-hydrogen) atoms. The summed E-state index contributed by atoms with van der Waals surface area (Å²) >= 11 is 0. The van der Waals surface area contributed by atoms with Crippen LogP contribution in [0, 0.1) is 11.8 Å². The predicted molar refractivity (Wildman–Crippen MR) is 97.3 cm³/mol. The number of amides is 2. The largest absolute Gasteiger partial charge is 0.393 e. The first-order chi connectivity index (χ1) is 12.0. The average Bonchev–Trinajstić information content (AvgIpc) is 3.03. The second kappa shape index (κ2) is 7.56. The molecule has 0 aromatic heterocycles. The summed E-state index contributed by atoms with van der Waals surface area (Å²) in [4.78, 5) is 28.8. The van der Waals surface area contributed by atoms with Crippen LogP contribution in [0.15, 0.2) is 24.3 Å². The van der Waals surface area contributed by atoms with Gasteiger partial charge in [-0.2, -0.15) is 0 Å². The molecule has 2 unspecified atom stereocenters. The van der Waals surface area contributed by atoms with Crippen LogP contribution in [0.4, 0.5) is 5.69 Å². The molecule has 2 amide bonds. The van der Waals surface area contributed by atoms with E-state index in [9.17, 15) is 14.7 Å². The number of aliphatic hydroxyl groups is 1. The van der Waals surface area contributed by atoms with Crippen LogP contribution in [0.25, 0.3) is 0 Å². The number of anilines is 1. The fourth-order valence-corrected chi connectivity index (χ4v) is 3.89. The maximum atomic E-state index is 12.8. The molecule has 5 nitrogen and oxygen atoms in total. The number of carbonyl (C=O) groups excluding carboxylic acids is 2. The van der Waals surface area contributed by atoms with E-state index >= 15 is 0 Å². The van der Waals surface area contributed by atoms with Crippen LogP contribution in [-0.4, -0.2) is 47.6 Å². The summed E-state index contributed by atoms with van der Waals surface area (Å²) in [5.74, 6) is 0.149. The van der Waals surface area contributed by atoms with Gasteiger partial charge in [0.25, 0.3) is 0 Å². The predicted octanol–water partition coefficient (Wildman–Crippen LogP) is 2.22. The van der Waals surface area contributed by atoms with Crippen molar-refractivity contribution >= 4 is 17.5 Å². The minimum atomic E-state index is -0.313. The maximum absolute atomic E-state index is 12.8. The standard InChI is InChI=1S/C20H28N2O3/c1-3-15-4-6-18(7-5-15)22-13-17(12-19(22)24)20(25)21-10-8-16(9-11-21)14(2)23/h4-7,14,16-17,23H,3,8-13H2,1-2H3. The molecule has 2 aliphatic rings. The first-order valence-corrected chi connectivity index (χ1v) is 9.35. The summed E-state index contributed by atoms with van der Waals surface area (Å²) in [5.41, 5.74) is 2.12. The van der Waals surface area contributed by atoms with Crippen molar-refractivity contribution in [3.63, 3.8) is 0 Å². The molecule has 5 heteroatoms. The van der Waals surface area contributed by atoms with Gasteiger partial charge in [-0.15, -0.1) is 0 Å². The first-order valence-electron chi connectivity index (χ1n) is 9.35. The Kier molecular flexibility index (Phi) is 5.42. The number of hydrogen-bond donors (Lipinski definition) is 1.